The van der Waals surface area contributed by atoms with E-state index in [9.17, 15) is 9.59 Å². The van der Waals surface area contributed by atoms with E-state index in [-0.39, 0.29) is 17.9 Å². The lowest BCUT2D eigenvalue weighted by Crippen LogP contribution is -2.37. The summed E-state index contributed by atoms with van der Waals surface area (Å²) in [6.45, 7) is 5.50. The molecule has 3 aromatic carbocycles. The number of hydrogen-bond donors (Lipinski definition) is 1. The van der Waals surface area contributed by atoms with E-state index in [0.29, 0.717) is 5.56 Å². The molecule has 1 unspecified atom stereocenters. The molecule has 5 nitrogen and oxygen atoms in total. The fourth-order valence-electron chi connectivity index (χ4n) is 4.26. The van der Waals surface area contributed by atoms with Crippen molar-refractivity contribution < 1.29 is 9.59 Å². The van der Waals surface area contributed by atoms with Crippen molar-refractivity contribution in [3.63, 3.8) is 0 Å². The average molecular weight is 442 g/mol. The lowest BCUT2D eigenvalue weighted by Gasteiger charge is -2.24. The number of nitrogens with one attached hydrogen (secondary N) is 1. The van der Waals surface area contributed by atoms with Gasteiger partial charge in [-0.05, 0) is 65.9 Å². The minimum Gasteiger partial charge on any atom is -0.369 e. The molecule has 1 heterocycles. The molecule has 1 saturated heterocycles. The Balaban J connectivity index is 1.36. The van der Waals surface area contributed by atoms with Crippen molar-refractivity contribution in [1.82, 2.24) is 4.90 Å². The van der Waals surface area contributed by atoms with Gasteiger partial charge in [-0.25, -0.2) is 0 Å². The summed E-state index contributed by atoms with van der Waals surface area (Å²) in [5.74, 6) is -0.0257. The molecule has 0 aromatic heterocycles. The van der Waals surface area contributed by atoms with E-state index in [1.165, 1.54) is 5.56 Å². The molecule has 0 radical (unpaired) electrons. The van der Waals surface area contributed by atoms with Crippen LogP contribution in [-0.4, -0.2) is 42.9 Å². The highest BCUT2D eigenvalue weighted by atomic mass is 16.2. The summed E-state index contributed by atoms with van der Waals surface area (Å²) in [5, 5.41) is 2.98. The van der Waals surface area contributed by atoms with Gasteiger partial charge >= 0.3 is 0 Å². The van der Waals surface area contributed by atoms with Crippen LogP contribution in [0.25, 0.3) is 11.1 Å². The second-order valence-electron chi connectivity index (χ2n) is 8.65. The molecule has 0 bridgehead atoms. The Morgan fingerprint density at radius 1 is 0.939 bits per heavy atom. The van der Waals surface area contributed by atoms with Crippen LogP contribution < -0.4 is 10.2 Å². The van der Waals surface area contributed by atoms with E-state index >= 15 is 0 Å². The van der Waals surface area contributed by atoms with Gasteiger partial charge in [0.25, 0.3) is 5.91 Å². The van der Waals surface area contributed by atoms with Gasteiger partial charge in [0, 0.05) is 44.0 Å². The molecule has 1 atom stereocenters. The molecule has 0 spiro atoms. The predicted molar refractivity (Wildman–Crippen MR) is 135 cm³/mol. The predicted octanol–water partition coefficient (Wildman–Crippen LogP) is 5.23. The molecule has 1 aliphatic rings. The van der Waals surface area contributed by atoms with Crippen LogP contribution in [0.2, 0.25) is 0 Å². The number of hydrogen-bond acceptors (Lipinski definition) is 3. The van der Waals surface area contributed by atoms with Crippen LogP contribution in [0.15, 0.2) is 72.8 Å². The number of carbonyl (C=O) groups is 2. The average Bonchev–Trinajstić information content (AvgIpc) is 3.34. The summed E-state index contributed by atoms with van der Waals surface area (Å²) in [7, 11) is 1.86. The summed E-state index contributed by atoms with van der Waals surface area (Å²) in [5.41, 5.74) is 6.05. The highest BCUT2D eigenvalue weighted by molar-refractivity contribution is 6.04. The van der Waals surface area contributed by atoms with E-state index in [1.807, 2.05) is 60.5 Å². The third kappa shape index (κ3) is 5.25. The molecular weight excluding hydrogens is 410 g/mol. The van der Waals surface area contributed by atoms with Gasteiger partial charge < -0.3 is 15.1 Å². The minimum absolute atomic E-state index is 0.0994. The molecule has 4 rings (SSSR count). The van der Waals surface area contributed by atoms with Crippen LogP contribution in [0.5, 0.6) is 0 Å². The van der Waals surface area contributed by atoms with Gasteiger partial charge in [-0.3, -0.25) is 9.59 Å². The third-order valence-corrected chi connectivity index (χ3v) is 6.54. The Morgan fingerprint density at radius 2 is 1.55 bits per heavy atom. The van der Waals surface area contributed by atoms with Crippen molar-refractivity contribution in [3.8, 4) is 11.1 Å². The quantitative estimate of drug-likeness (QED) is 0.570. The maximum absolute atomic E-state index is 12.7. The van der Waals surface area contributed by atoms with Gasteiger partial charge in [-0.15, -0.1) is 0 Å². The standard InChI is InChI=1S/C28H31N3O2/c1-4-21-5-7-22(8-6-21)23-9-11-24(12-10-23)28(33)29-25-13-15-26(16-14-25)31-18-17-27(19-31)30(3)20(2)32/h5-16,27H,4,17-19H2,1-3H3,(H,29,33). The van der Waals surface area contributed by atoms with E-state index in [4.69, 9.17) is 0 Å². The Hall–Kier alpha value is -3.60. The maximum atomic E-state index is 12.7. The Labute approximate surface area is 196 Å². The number of aryl methyl sites for hydroxylation is 1. The van der Waals surface area contributed by atoms with Crippen LogP contribution >= 0.6 is 0 Å². The molecule has 1 aliphatic heterocycles. The van der Waals surface area contributed by atoms with Gasteiger partial charge in [0.2, 0.25) is 5.91 Å². The first-order valence-corrected chi connectivity index (χ1v) is 11.5. The van der Waals surface area contributed by atoms with Crippen molar-refractivity contribution in [2.45, 2.75) is 32.7 Å². The van der Waals surface area contributed by atoms with Gasteiger partial charge in [-0.1, -0.05) is 43.3 Å². The topological polar surface area (TPSA) is 52.7 Å². The normalized spacial score (nSPS) is 15.4. The second kappa shape index (κ2) is 9.90. The molecule has 1 fully saturated rings. The SMILES string of the molecule is CCc1ccc(-c2ccc(C(=O)Nc3ccc(N4CCC(N(C)C(C)=O)C4)cc3)cc2)cc1. The zero-order valence-electron chi connectivity index (χ0n) is 19.5. The summed E-state index contributed by atoms with van der Waals surface area (Å²) < 4.78 is 0. The largest absolute Gasteiger partial charge is 0.369 e. The Morgan fingerprint density at radius 3 is 2.12 bits per heavy atom. The molecule has 3 aromatic rings. The summed E-state index contributed by atoms with van der Waals surface area (Å²) >= 11 is 0. The maximum Gasteiger partial charge on any atom is 0.255 e. The van der Waals surface area contributed by atoms with Crippen molar-refractivity contribution >= 4 is 23.2 Å². The molecular formula is C28H31N3O2. The highest BCUT2D eigenvalue weighted by Gasteiger charge is 2.27. The first kappa shape index (κ1) is 22.6. The number of carbonyl (C=O) groups excluding carboxylic acids is 2. The fraction of sp³-hybridized carbons (Fsp3) is 0.286. The second-order valence-corrected chi connectivity index (χ2v) is 8.65. The van der Waals surface area contributed by atoms with E-state index < -0.39 is 0 Å². The molecule has 2 amide bonds. The van der Waals surface area contributed by atoms with Crippen LogP contribution in [0.3, 0.4) is 0 Å². The summed E-state index contributed by atoms with van der Waals surface area (Å²) in [4.78, 5) is 28.4. The van der Waals surface area contributed by atoms with Gasteiger partial charge in [0.1, 0.15) is 0 Å². The van der Waals surface area contributed by atoms with Gasteiger partial charge in [0.05, 0.1) is 6.04 Å². The lowest BCUT2D eigenvalue weighted by molar-refractivity contribution is -0.129. The van der Waals surface area contributed by atoms with Crippen LogP contribution in [-0.2, 0) is 11.2 Å². The van der Waals surface area contributed by atoms with Crippen molar-refractivity contribution in [2.75, 3.05) is 30.4 Å². The number of anilines is 2. The van der Waals surface area contributed by atoms with Crippen molar-refractivity contribution in [3.05, 3.63) is 83.9 Å². The zero-order valence-corrected chi connectivity index (χ0v) is 19.5. The first-order valence-electron chi connectivity index (χ1n) is 11.5. The van der Waals surface area contributed by atoms with Gasteiger partial charge in [0.15, 0.2) is 0 Å². The lowest BCUT2D eigenvalue weighted by atomic mass is 10.0. The molecule has 170 valence electrons. The van der Waals surface area contributed by atoms with Crippen LogP contribution in [0.4, 0.5) is 11.4 Å². The van der Waals surface area contributed by atoms with Crippen LogP contribution in [0, 0.1) is 0 Å². The van der Waals surface area contributed by atoms with E-state index in [0.717, 1.165) is 48.4 Å². The zero-order chi connectivity index (χ0) is 23.4. The Kier molecular flexibility index (Phi) is 6.78. The van der Waals surface area contributed by atoms with E-state index in [1.54, 1.807) is 6.92 Å². The van der Waals surface area contributed by atoms with Crippen LogP contribution in [0.1, 0.15) is 36.2 Å². The molecule has 1 N–H and O–H groups in total. The van der Waals surface area contributed by atoms with Crippen molar-refractivity contribution in [1.29, 1.82) is 0 Å². The molecule has 5 heteroatoms. The monoisotopic (exact) mass is 441 g/mol. The van der Waals surface area contributed by atoms with Gasteiger partial charge in [-0.2, -0.15) is 0 Å². The number of benzene rings is 3. The summed E-state index contributed by atoms with van der Waals surface area (Å²) in [6, 6.07) is 24.4. The molecule has 33 heavy (non-hydrogen) atoms. The number of likely N-dealkylation sites (N-methyl/N-ethyl adjacent to an activating group) is 1. The number of amides is 2. The Bertz CT molecular complexity index is 1110. The number of nitrogens with zero attached hydrogens (tertiary/aromatic N) is 2. The highest BCUT2D eigenvalue weighted by Crippen LogP contribution is 2.25. The molecule has 0 saturated carbocycles. The smallest absolute Gasteiger partial charge is 0.255 e. The first-order chi connectivity index (χ1) is 15.9. The minimum atomic E-state index is -0.125. The summed E-state index contributed by atoms with van der Waals surface area (Å²) in [6.07, 6.45) is 1.99. The van der Waals surface area contributed by atoms with E-state index in [2.05, 4.69) is 41.4 Å². The van der Waals surface area contributed by atoms with Crippen molar-refractivity contribution in [2.24, 2.45) is 0 Å². The third-order valence-electron chi connectivity index (χ3n) is 6.54. The fourth-order valence-corrected chi connectivity index (χ4v) is 4.26. The molecule has 0 aliphatic carbocycles. The number of rotatable bonds is 6.